The summed E-state index contributed by atoms with van der Waals surface area (Å²) in [5.74, 6) is 0.264. The third kappa shape index (κ3) is 6.67. The molecule has 0 fully saturated rings. The van der Waals surface area contributed by atoms with Crippen LogP contribution in [0.25, 0.3) is 0 Å². The van der Waals surface area contributed by atoms with Crippen LogP contribution in [0.2, 0.25) is 0 Å². The van der Waals surface area contributed by atoms with Gasteiger partial charge in [0.25, 0.3) is 11.5 Å². The number of pyridine rings is 1. The van der Waals surface area contributed by atoms with E-state index >= 15 is 0 Å². The Morgan fingerprint density at radius 2 is 1.81 bits per heavy atom. The van der Waals surface area contributed by atoms with E-state index in [0.29, 0.717) is 13.2 Å². The first-order valence-electron chi connectivity index (χ1n) is 10.5. The Labute approximate surface area is 182 Å². The number of nitrogens with one attached hydrogen (secondary N) is 1. The third-order valence-corrected chi connectivity index (χ3v) is 4.74. The second-order valence-corrected chi connectivity index (χ2v) is 7.16. The van der Waals surface area contributed by atoms with Gasteiger partial charge in [0.05, 0.1) is 19.4 Å². The van der Waals surface area contributed by atoms with Crippen LogP contribution in [-0.2, 0) is 6.54 Å². The van der Waals surface area contributed by atoms with Crippen LogP contribution in [-0.4, -0.2) is 23.3 Å². The zero-order valence-electron chi connectivity index (χ0n) is 17.7. The summed E-state index contributed by atoms with van der Waals surface area (Å²) < 4.78 is 7.19. The monoisotopic (exact) mass is 417 g/mol. The molecule has 0 aliphatic carbocycles. The summed E-state index contributed by atoms with van der Waals surface area (Å²) in [5, 5.41) is 3.98. The summed E-state index contributed by atoms with van der Waals surface area (Å²) >= 11 is 0. The van der Waals surface area contributed by atoms with Crippen molar-refractivity contribution in [2.45, 2.75) is 32.7 Å². The van der Waals surface area contributed by atoms with Crippen LogP contribution in [0.15, 0.2) is 82.8 Å². The fourth-order valence-electron chi connectivity index (χ4n) is 3.03. The van der Waals surface area contributed by atoms with Gasteiger partial charge in [0.2, 0.25) is 0 Å². The number of ether oxygens (including phenoxy) is 1. The Balaban J connectivity index is 1.57. The Morgan fingerprint density at radius 1 is 1.03 bits per heavy atom. The maximum atomic E-state index is 12.6. The van der Waals surface area contributed by atoms with Crippen molar-refractivity contribution >= 4 is 12.1 Å². The Bertz CT molecular complexity index is 1060. The summed E-state index contributed by atoms with van der Waals surface area (Å²) in [6.45, 7) is 3.26. The van der Waals surface area contributed by atoms with E-state index in [4.69, 9.17) is 4.74 Å². The maximum Gasteiger partial charge on any atom is 0.276 e. The van der Waals surface area contributed by atoms with Gasteiger partial charge in [-0.15, -0.1) is 0 Å². The zero-order chi connectivity index (χ0) is 21.9. The van der Waals surface area contributed by atoms with E-state index in [1.54, 1.807) is 12.3 Å². The summed E-state index contributed by atoms with van der Waals surface area (Å²) in [6.07, 6.45) is 6.56. The van der Waals surface area contributed by atoms with Crippen molar-refractivity contribution in [1.82, 2.24) is 9.99 Å². The number of carbonyl (C=O) groups is 1. The van der Waals surface area contributed by atoms with Crippen LogP contribution < -0.4 is 15.7 Å². The Hall–Kier alpha value is -3.67. The lowest BCUT2D eigenvalue weighted by Gasteiger charge is -2.07. The molecule has 0 saturated heterocycles. The molecule has 2 aromatic carbocycles. The van der Waals surface area contributed by atoms with Crippen LogP contribution in [0.3, 0.4) is 0 Å². The lowest BCUT2D eigenvalue weighted by Crippen LogP contribution is -2.30. The van der Waals surface area contributed by atoms with Crippen LogP contribution in [0, 0.1) is 0 Å². The minimum Gasteiger partial charge on any atom is -0.494 e. The molecule has 0 spiro atoms. The van der Waals surface area contributed by atoms with Crippen molar-refractivity contribution in [1.29, 1.82) is 0 Å². The standard InChI is InChI=1S/C25H27N3O3/c1-2-3-7-17-31-22-14-12-20(13-15-22)18-26-27-24(29)23-11-8-16-28(25(23)30)19-21-9-5-4-6-10-21/h4-6,8-16,18H,2-3,7,17,19H2,1H3,(H,27,29)/b26-18-. The van der Waals surface area contributed by atoms with Gasteiger partial charge in [0.1, 0.15) is 11.3 Å². The highest BCUT2D eigenvalue weighted by Crippen LogP contribution is 2.12. The van der Waals surface area contributed by atoms with Gasteiger partial charge >= 0.3 is 0 Å². The van der Waals surface area contributed by atoms with Crippen molar-refractivity contribution in [2.24, 2.45) is 5.10 Å². The second kappa shape index (κ2) is 11.5. The number of amides is 1. The van der Waals surface area contributed by atoms with Gasteiger partial charge in [-0.25, -0.2) is 5.43 Å². The number of aromatic nitrogens is 1. The fourth-order valence-corrected chi connectivity index (χ4v) is 3.03. The summed E-state index contributed by atoms with van der Waals surface area (Å²) in [4.78, 5) is 25.1. The number of nitrogens with zero attached hydrogens (tertiary/aromatic N) is 2. The number of hydrogen-bond donors (Lipinski definition) is 1. The largest absolute Gasteiger partial charge is 0.494 e. The second-order valence-electron chi connectivity index (χ2n) is 7.16. The van der Waals surface area contributed by atoms with Gasteiger partial charge in [-0.3, -0.25) is 9.59 Å². The number of hydrogen-bond acceptors (Lipinski definition) is 4. The molecule has 6 nitrogen and oxygen atoms in total. The molecule has 31 heavy (non-hydrogen) atoms. The quantitative estimate of drug-likeness (QED) is 0.305. The van der Waals surface area contributed by atoms with Crippen LogP contribution >= 0.6 is 0 Å². The molecule has 0 saturated carbocycles. The Kier molecular flexibility index (Phi) is 8.17. The molecule has 0 radical (unpaired) electrons. The van der Waals surface area contributed by atoms with Gasteiger partial charge in [-0.05, 0) is 53.9 Å². The average Bonchev–Trinajstić information content (AvgIpc) is 2.80. The first-order valence-corrected chi connectivity index (χ1v) is 10.5. The molecule has 1 heterocycles. The summed E-state index contributed by atoms with van der Waals surface area (Å²) in [7, 11) is 0. The molecule has 3 rings (SSSR count). The first-order chi connectivity index (χ1) is 15.2. The molecule has 1 amide bonds. The predicted octanol–water partition coefficient (Wildman–Crippen LogP) is 4.23. The van der Waals surface area contributed by atoms with Crippen LogP contribution in [0.5, 0.6) is 5.75 Å². The van der Waals surface area contributed by atoms with Gasteiger partial charge in [0.15, 0.2) is 0 Å². The maximum absolute atomic E-state index is 12.6. The number of carbonyl (C=O) groups excluding carboxylic acids is 1. The molecular weight excluding hydrogens is 390 g/mol. The van der Waals surface area contributed by atoms with E-state index < -0.39 is 5.91 Å². The molecule has 1 aromatic heterocycles. The molecule has 160 valence electrons. The van der Waals surface area contributed by atoms with E-state index in [9.17, 15) is 9.59 Å². The van der Waals surface area contributed by atoms with Gasteiger partial charge < -0.3 is 9.30 Å². The minimum absolute atomic E-state index is 0.0476. The first kappa shape index (κ1) is 22.0. The number of unbranched alkanes of at least 4 members (excludes halogenated alkanes) is 2. The topological polar surface area (TPSA) is 72.7 Å². The van der Waals surface area contributed by atoms with E-state index in [2.05, 4.69) is 17.5 Å². The lowest BCUT2D eigenvalue weighted by atomic mass is 10.2. The highest BCUT2D eigenvalue weighted by molar-refractivity contribution is 5.94. The van der Waals surface area contributed by atoms with Crippen molar-refractivity contribution in [3.05, 3.63) is 100.0 Å². The van der Waals surface area contributed by atoms with Crippen molar-refractivity contribution in [3.8, 4) is 5.75 Å². The van der Waals surface area contributed by atoms with E-state index in [1.165, 1.54) is 16.8 Å². The molecule has 3 aromatic rings. The average molecular weight is 418 g/mol. The molecule has 0 bridgehead atoms. The minimum atomic E-state index is -0.542. The summed E-state index contributed by atoms with van der Waals surface area (Å²) in [5.41, 5.74) is 3.92. The molecule has 0 atom stereocenters. The number of hydrazone groups is 1. The van der Waals surface area contributed by atoms with E-state index in [0.717, 1.165) is 36.1 Å². The smallest absolute Gasteiger partial charge is 0.276 e. The SMILES string of the molecule is CCCCCOc1ccc(/C=N\NC(=O)c2cccn(Cc3ccccc3)c2=O)cc1. The molecule has 1 N–H and O–H groups in total. The Morgan fingerprint density at radius 3 is 2.55 bits per heavy atom. The molecule has 0 aliphatic heterocycles. The summed E-state index contributed by atoms with van der Waals surface area (Å²) in [6, 6.07) is 20.3. The predicted molar refractivity (Wildman–Crippen MR) is 123 cm³/mol. The van der Waals surface area contributed by atoms with E-state index in [1.807, 2.05) is 54.6 Å². The lowest BCUT2D eigenvalue weighted by molar-refractivity contribution is 0.0953. The van der Waals surface area contributed by atoms with Crippen molar-refractivity contribution in [3.63, 3.8) is 0 Å². The van der Waals surface area contributed by atoms with Crippen LogP contribution in [0.1, 0.15) is 47.7 Å². The highest BCUT2D eigenvalue weighted by Gasteiger charge is 2.11. The molecule has 0 unspecified atom stereocenters. The van der Waals surface area contributed by atoms with Gasteiger partial charge in [-0.1, -0.05) is 50.1 Å². The fraction of sp³-hybridized carbons (Fsp3) is 0.240. The normalized spacial score (nSPS) is 10.9. The third-order valence-electron chi connectivity index (χ3n) is 4.74. The molecule has 6 heteroatoms. The highest BCUT2D eigenvalue weighted by atomic mass is 16.5. The van der Waals surface area contributed by atoms with Crippen molar-refractivity contribution in [2.75, 3.05) is 6.61 Å². The van der Waals surface area contributed by atoms with Crippen molar-refractivity contribution < 1.29 is 9.53 Å². The molecular formula is C25H27N3O3. The van der Waals surface area contributed by atoms with E-state index in [-0.39, 0.29) is 11.1 Å². The number of rotatable bonds is 10. The van der Waals surface area contributed by atoms with Gasteiger partial charge in [0, 0.05) is 6.20 Å². The molecule has 0 aliphatic rings. The number of benzene rings is 2. The zero-order valence-corrected chi connectivity index (χ0v) is 17.7. The van der Waals surface area contributed by atoms with Gasteiger partial charge in [-0.2, -0.15) is 5.10 Å². The van der Waals surface area contributed by atoms with Crippen LogP contribution in [0.4, 0.5) is 0 Å².